The third kappa shape index (κ3) is 6.87. The number of hydrogen-bond donors (Lipinski definition) is 1. The zero-order valence-corrected chi connectivity index (χ0v) is 25.6. The van der Waals surface area contributed by atoms with Gasteiger partial charge in [0.05, 0.1) is 18.8 Å². The van der Waals surface area contributed by atoms with Crippen LogP contribution in [-0.2, 0) is 29.4 Å². The van der Waals surface area contributed by atoms with Crippen LogP contribution >= 0.6 is 0 Å². The minimum absolute atomic E-state index is 0.106. The fourth-order valence-corrected chi connectivity index (χ4v) is 5.50. The molecule has 8 nitrogen and oxygen atoms in total. The highest BCUT2D eigenvalue weighted by Gasteiger charge is 2.48. The van der Waals surface area contributed by atoms with Crippen molar-refractivity contribution in [2.75, 3.05) is 19.8 Å². The van der Waals surface area contributed by atoms with Gasteiger partial charge >= 0.3 is 17.8 Å². The van der Waals surface area contributed by atoms with Gasteiger partial charge in [-0.15, -0.1) is 0 Å². The van der Waals surface area contributed by atoms with Crippen molar-refractivity contribution in [1.29, 1.82) is 0 Å². The topological polar surface area (TPSA) is 98.1 Å². The first-order chi connectivity index (χ1) is 20.9. The maximum atomic E-state index is 13.8. The van der Waals surface area contributed by atoms with Crippen LogP contribution in [0.3, 0.4) is 0 Å². The molecule has 3 aromatic rings. The summed E-state index contributed by atoms with van der Waals surface area (Å²) in [7, 11) is 0. The number of carbonyl (C=O) groups excluding carboxylic acids is 2. The van der Waals surface area contributed by atoms with Gasteiger partial charge in [-0.2, -0.15) is 13.2 Å². The van der Waals surface area contributed by atoms with Crippen LogP contribution in [0.1, 0.15) is 82.1 Å². The summed E-state index contributed by atoms with van der Waals surface area (Å²) in [4.78, 5) is 39.4. The lowest BCUT2D eigenvalue weighted by Crippen LogP contribution is -2.41. The highest BCUT2D eigenvalue weighted by Crippen LogP contribution is 2.40. The van der Waals surface area contributed by atoms with Gasteiger partial charge in [-0.3, -0.25) is 9.69 Å². The SMILES string of the molecule is CCCOc1ccc(C2(C)NC(=O)N(CCCCOc3c(CCC)cc4c(C(F)(F)F)cc(=O)oc4c3CCC)C2=O)cc1. The van der Waals surface area contributed by atoms with Crippen LogP contribution in [0.25, 0.3) is 11.0 Å². The van der Waals surface area contributed by atoms with Gasteiger partial charge in [0.25, 0.3) is 5.91 Å². The molecule has 1 saturated heterocycles. The number of ether oxygens (including phenoxy) is 2. The van der Waals surface area contributed by atoms with Gasteiger partial charge in [0.2, 0.25) is 0 Å². The quantitative estimate of drug-likeness (QED) is 0.118. The Bertz CT molecular complexity index is 1550. The molecule has 1 N–H and O–H groups in total. The molecule has 0 saturated carbocycles. The molecular weight excluding hydrogens is 577 g/mol. The Morgan fingerprint density at radius 3 is 2.25 bits per heavy atom. The van der Waals surface area contributed by atoms with Gasteiger partial charge in [0.1, 0.15) is 22.6 Å². The van der Waals surface area contributed by atoms with Crippen molar-refractivity contribution in [2.24, 2.45) is 0 Å². The predicted octanol–water partition coefficient (Wildman–Crippen LogP) is 7.13. The Balaban J connectivity index is 1.47. The number of rotatable bonds is 14. The van der Waals surface area contributed by atoms with E-state index in [1.807, 2.05) is 20.8 Å². The largest absolute Gasteiger partial charge is 0.494 e. The number of nitrogens with one attached hydrogen (secondary N) is 1. The second-order valence-corrected chi connectivity index (χ2v) is 11.1. The maximum Gasteiger partial charge on any atom is 0.417 e. The number of urea groups is 1. The summed E-state index contributed by atoms with van der Waals surface area (Å²) >= 11 is 0. The van der Waals surface area contributed by atoms with Crippen LogP contribution in [0.5, 0.6) is 11.5 Å². The van der Waals surface area contributed by atoms with Crippen molar-refractivity contribution in [3.05, 3.63) is 69.1 Å². The van der Waals surface area contributed by atoms with Crippen molar-refractivity contribution in [1.82, 2.24) is 10.2 Å². The van der Waals surface area contributed by atoms with E-state index in [1.54, 1.807) is 31.2 Å². The molecule has 3 amide bonds. The van der Waals surface area contributed by atoms with Crippen LogP contribution < -0.4 is 20.4 Å². The molecule has 0 radical (unpaired) electrons. The molecule has 1 unspecified atom stereocenters. The van der Waals surface area contributed by atoms with Gasteiger partial charge in [0, 0.05) is 23.6 Å². The molecule has 0 spiro atoms. The average molecular weight is 617 g/mol. The number of imide groups is 1. The van der Waals surface area contributed by atoms with Gasteiger partial charge < -0.3 is 19.2 Å². The van der Waals surface area contributed by atoms with E-state index in [0.29, 0.717) is 79.4 Å². The zero-order valence-electron chi connectivity index (χ0n) is 25.6. The third-order valence-electron chi connectivity index (χ3n) is 7.68. The molecule has 1 aliphatic rings. The predicted molar refractivity (Wildman–Crippen MR) is 160 cm³/mol. The molecule has 0 bridgehead atoms. The molecule has 238 valence electrons. The summed E-state index contributed by atoms with van der Waals surface area (Å²) in [6, 6.07) is 8.51. The van der Waals surface area contributed by atoms with Gasteiger partial charge in [-0.05, 0) is 68.4 Å². The van der Waals surface area contributed by atoms with Crippen molar-refractivity contribution < 1.29 is 36.7 Å². The Morgan fingerprint density at radius 2 is 1.61 bits per heavy atom. The van der Waals surface area contributed by atoms with E-state index >= 15 is 0 Å². The minimum atomic E-state index is -4.72. The number of aryl methyl sites for hydroxylation is 2. The van der Waals surface area contributed by atoms with Crippen LogP contribution in [-0.4, -0.2) is 36.6 Å². The number of unbranched alkanes of at least 4 members (excludes halogenated alkanes) is 1. The zero-order chi connectivity index (χ0) is 32.1. The van der Waals surface area contributed by atoms with E-state index in [0.717, 1.165) is 6.42 Å². The van der Waals surface area contributed by atoms with Crippen LogP contribution in [0.2, 0.25) is 0 Å². The summed E-state index contributed by atoms with van der Waals surface area (Å²) in [5.41, 5.74) is -1.71. The molecular formula is C33H39F3N2O6. The third-order valence-corrected chi connectivity index (χ3v) is 7.68. The molecule has 1 atom stereocenters. The summed E-state index contributed by atoms with van der Waals surface area (Å²) in [5, 5.41) is 2.65. The van der Waals surface area contributed by atoms with E-state index < -0.39 is 28.9 Å². The van der Waals surface area contributed by atoms with Crippen LogP contribution in [0.15, 0.2) is 45.6 Å². The number of carbonyl (C=O) groups is 2. The second kappa shape index (κ2) is 13.7. The van der Waals surface area contributed by atoms with E-state index in [-0.39, 0.29) is 30.0 Å². The number of fused-ring (bicyclic) bond motifs is 1. The lowest BCUT2D eigenvalue weighted by molar-refractivity contribution is -0.136. The Morgan fingerprint density at radius 1 is 0.909 bits per heavy atom. The van der Waals surface area contributed by atoms with Crippen molar-refractivity contribution >= 4 is 22.9 Å². The fourth-order valence-electron chi connectivity index (χ4n) is 5.50. The number of halogens is 3. The van der Waals surface area contributed by atoms with Crippen molar-refractivity contribution in [3.63, 3.8) is 0 Å². The van der Waals surface area contributed by atoms with Gasteiger partial charge in [-0.25, -0.2) is 9.59 Å². The molecule has 2 heterocycles. The van der Waals surface area contributed by atoms with E-state index in [4.69, 9.17) is 13.9 Å². The summed E-state index contributed by atoms with van der Waals surface area (Å²) in [6.07, 6.45) is -0.815. The Kier molecular flexibility index (Phi) is 10.3. The monoisotopic (exact) mass is 616 g/mol. The molecule has 11 heteroatoms. The lowest BCUT2D eigenvalue weighted by atomic mass is 9.92. The fraction of sp³-hybridized carbons (Fsp3) is 0.485. The Hall–Kier alpha value is -4.02. The molecule has 44 heavy (non-hydrogen) atoms. The molecule has 1 aliphatic heterocycles. The average Bonchev–Trinajstić information content (AvgIpc) is 3.20. The van der Waals surface area contributed by atoms with E-state index in [1.165, 1.54) is 11.0 Å². The number of nitrogens with zero attached hydrogens (tertiary/aromatic N) is 1. The molecule has 0 aliphatic carbocycles. The summed E-state index contributed by atoms with van der Waals surface area (Å²) < 4.78 is 58.6. The summed E-state index contributed by atoms with van der Waals surface area (Å²) in [6.45, 7) is 8.44. The highest BCUT2D eigenvalue weighted by atomic mass is 19.4. The number of alkyl halides is 3. The van der Waals surface area contributed by atoms with E-state index in [2.05, 4.69) is 5.32 Å². The molecule has 1 aromatic heterocycles. The number of amides is 3. The minimum Gasteiger partial charge on any atom is -0.494 e. The summed E-state index contributed by atoms with van der Waals surface area (Å²) in [5.74, 6) is 0.759. The standard InChI is InChI=1S/C33H39F3N2O6/c1-5-10-21-19-25-26(33(34,35)36)20-27(39)44-29(25)24(11-6-2)28(21)43-18-9-8-16-38-30(40)32(4,37-31(38)41)22-12-14-23(15-13-22)42-17-7-3/h12-15,19-20H,5-11,16-18H2,1-4H3,(H,37,41). The van der Waals surface area contributed by atoms with Crippen LogP contribution in [0.4, 0.5) is 18.0 Å². The van der Waals surface area contributed by atoms with Gasteiger partial charge in [0.15, 0.2) is 0 Å². The molecule has 2 aromatic carbocycles. The van der Waals surface area contributed by atoms with Crippen molar-refractivity contribution in [2.45, 2.75) is 84.4 Å². The second-order valence-electron chi connectivity index (χ2n) is 11.1. The first-order valence-electron chi connectivity index (χ1n) is 15.1. The van der Waals surface area contributed by atoms with Crippen molar-refractivity contribution in [3.8, 4) is 11.5 Å². The maximum absolute atomic E-state index is 13.8. The first kappa shape index (κ1) is 32.9. The highest BCUT2D eigenvalue weighted by molar-refractivity contribution is 6.07. The molecule has 4 rings (SSSR count). The number of hydrogen-bond acceptors (Lipinski definition) is 6. The smallest absolute Gasteiger partial charge is 0.417 e. The molecule has 1 fully saturated rings. The number of benzene rings is 2. The van der Waals surface area contributed by atoms with Gasteiger partial charge in [-0.1, -0.05) is 45.7 Å². The normalized spacial score (nSPS) is 16.9. The van der Waals surface area contributed by atoms with E-state index in [9.17, 15) is 27.6 Å². The lowest BCUT2D eigenvalue weighted by Gasteiger charge is -2.22. The van der Waals surface area contributed by atoms with Crippen LogP contribution in [0, 0.1) is 0 Å². The Labute approximate surface area is 254 Å². The first-order valence-corrected chi connectivity index (χ1v) is 15.1.